The van der Waals surface area contributed by atoms with Crippen LogP contribution in [0, 0.1) is 0 Å². The summed E-state index contributed by atoms with van der Waals surface area (Å²) in [5.41, 5.74) is 1.24. The summed E-state index contributed by atoms with van der Waals surface area (Å²) < 4.78 is 5.71. The number of nitrogens with zero attached hydrogens (tertiary/aromatic N) is 1. The summed E-state index contributed by atoms with van der Waals surface area (Å²) in [5, 5.41) is 3.44. The predicted molar refractivity (Wildman–Crippen MR) is 75.4 cm³/mol. The van der Waals surface area contributed by atoms with Gasteiger partial charge < -0.3 is 9.73 Å². The zero-order valence-electron chi connectivity index (χ0n) is 10.7. The Balaban J connectivity index is 1.87. The smallest absolute Gasteiger partial charge is 0.118 e. The molecule has 0 aliphatic carbocycles. The van der Waals surface area contributed by atoms with E-state index in [1.165, 1.54) is 5.56 Å². The first-order valence-electron chi connectivity index (χ1n) is 5.99. The molecule has 2 aromatic heterocycles. The SMILES string of the molecule is CSCc1ccc(CNC(C)c2ccncc2)o1. The van der Waals surface area contributed by atoms with E-state index in [1.54, 1.807) is 11.8 Å². The second kappa shape index (κ2) is 6.61. The fourth-order valence-electron chi connectivity index (χ4n) is 1.76. The molecule has 0 spiro atoms. The highest BCUT2D eigenvalue weighted by Gasteiger charge is 2.06. The lowest BCUT2D eigenvalue weighted by molar-refractivity contribution is 0.442. The van der Waals surface area contributed by atoms with Gasteiger partial charge in [0.1, 0.15) is 11.5 Å². The van der Waals surface area contributed by atoms with Crippen molar-refractivity contribution in [1.82, 2.24) is 10.3 Å². The van der Waals surface area contributed by atoms with E-state index < -0.39 is 0 Å². The van der Waals surface area contributed by atoms with Gasteiger partial charge in [-0.15, -0.1) is 0 Å². The minimum Gasteiger partial charge on any atom is -0.464 e. The van der Waals surface area contributed by atoms with Gasteiger partial charge in [-0.3, -0.25) is 4.98 Å². The Labute approximate surface area is 112 Å². The number of hydrogen-bond acceptors (Lipinski definition) is 4. The third kappa shape index (κ3) is 3.62. The van der Waals surface area contributed by atoms with Crippen molar-refractivity contribution in [2.45, 2.75) is 25.3 Å². The van der Waals surface area contributed by atoms with Gasteiger partial charge in [-0.1, -0.05) is 0 Å². The number of rotatable bonds is 6. The molecular formula is C14H18N2OS. The van der Waals surface area contributed by atoms with E-state index in [4.69, 9.17) is 4.42 Å². The first-order chi connectivity index (χ1) is 8.79. The van der Waals surface area contributed by atoms with Crippen LogP contribution in [0.1, 0.15) is 30.0 Å². The first-order valence-corrected chi connectivity index (χ1v) is 7.39. The molecule has 0 aliphatic heterocycles. The number of thioether (sulfide) groups is 1. The molecule has 0 radical (unpaired) electrons. The van der Waals surface area contributed by atoms with Gasteiger partial charge in [-0.05, 0) is 43.0 Å². The quantitative estimate of drug-likeness (QED) is 0.866. The van der Waals surface area contributed by atoms with Gasteiger partial charge in [0.15, 0.2) is 0 Å². The molecule has 2 heterocycles. The molecule has 4 heteroatoms. The van der Waals surface area contributed by atoms with Crippen LogP contribution in [-0.4, -0.2) is 11.2 Å². The van der Waals surface area contributed by atoms with Gasteiger partial charge in [0, 0.05) is 18.4 Å². The van der Waals surface area contributed by atoms with Crippen LogP contribution in [-0.2, 0) is 12.3 Å². The van der Waals surface area contributed by atoms with Crippen molar-refractivity contribution in [3.63, 3.8) is 0 Å². The lowest BCUT2D eigenvalue weighted by Crippen LogP contribution is -2.17. The minimum absolute atomic E-state index is 0.294. The zero-order valence-corrected chi connectivity index (χ0v) is 11.5. The molecule has 0 aliphatic rings. The summed E-state index contributed by atoms with van der Waals surface area (Å²) in [5.74, 6) is 2.95. The van der Waals surface area contributed by atoms with Crippen molar-refractivity contribution >= 4 is 11.8 Å². The van der Waals surface area contributed by atoms with Crippen LogP contribution in [0.4, 0.5) is 0 Å². The maximum Gasteiger partial charge on any atom is 0.118 e. The topological polar surface area (TPSA) is 38.1 Å². The van der Waals surface area contributed by atoms with Crippen molar-refractivity contribution in [1.29, 1.82) is 0 Å². The van der Waals surface area contributed by atoms with Crippen LogP contribution in [0.5, 0.6) is 0 Å². The van der Waals surface area contributed by atoms with E-state index in [0.717, 1.165) is 23.8 Å². The molecule has 1 N–H and O–H groups in total. The molecule has 0 amide bonds. The number of nitrogens with one attached hydrogen (secondary N) is 1. The van der Waals surface area contributed by atoms with Crippen molar-refractivity contribution in [3.05, 3.63) is 53.7 Å². The van der Waals surface area contributed by atoms with Crippen LogP contribution in [0.2, 0.25) is 0 Å². The monoisotopic (exact) mass is 262 g/mol. The fraction of sp³-hybridized carbons (Fsp3) is 0.357. The van der Waals surface area contributed by atoms with Crippen LogP contribution in [0.15, 0.2) is 41.1 Å². The number of furan rings is 1. The van der Waals surface area contributed by atoms with E-state index in [0.29, 0.717) is 6.04 Å². The Morgan fingerprint density at radius 3 is 2.67 bits per heavy atom. The molecule has 1 unspecified atom stereocenters. The first kappa shape index (κ1) is 13.2. The molecule has 0 aromatic carbocycles. The highest BCUT2D eigenvalue weighted by Crippen LogP contribution is 2.15. The molecule has 0 saturated heterocycles. The Morgan fingerprint density at radius 1 is 1.22 bits per heavy atom. The Hall–Kier alpha value is -1.26. The third-order valence-corrected chi connectivity index (χ3v) is 3.37. The van der Waals surface area contributed by atoms with Gasteiger partial charge in [0.05, 0.1) is 12.3 Å². The molecule has 2 aromatic rings. The van der Waals surface area contributed by atoms with Crippen LogP contribution >= 0.6 is 11.8 Å². The normalized spacial score (nSPS) is 12.6. The summed E-state index contributed by atoms with van der Waals surface area (Å²) in [6.45, 7) is 2.89. The molecular weight excluding hydrogens is 244 g/mol. The van der Waals surface area contributed by atoms with Crippen molar-refractivity contribution in [2.75, 3.05) is 6.26 Å². The third-order valence-electron chi connectivity index (χ3n) is 2.79. The molecule has 2 rings (SSSR count). The van der Waals surface area contributed by atoms with E-state index in [-0.39, 0.29) is 0 Å². The van der Waals surface area contributed by atoms with Crippen LogP contribution in [0.25, 0.3) is 0 Å². The molecule has 18 heavy (non-hydrogen) atoms. The van der Waals surface area contributed by atoms with E-state index >= 15 is 0 Å². The molecule has 0 fully saturated rings. The van der Waals surface area contributed by atoms with Gasteiger partial charge in [-0.25, -0.2) is 0 Å². The second-order valence-electron chi connectivity index (χ2n) is 4.18. The van der Waals surface area contributed by atoms with Gasteiger partial charge in [0.25, 0.3) is 0 Å². The highest BCUT2D eigenvalue weighted by atomic mass is 32.2. The molecule has 3 nitrogen and oxygen atoms in total. The number of hydrogen-bond donors (Lipinski definition) is 1. The van der Waals surface area contributed by atoms with Gasteiger partial charge >= 0.3 is 0 Å². The molecule has 96 valence electrons. The summed E-state index contributed by atoms with van der Waals surface area (Å²) >= 11 is 1.77. The maximum atomic E-state index is 5.71. The Morgan fingerprint density at radius 2 is 1.94 bits per heavy atom. The lowest BCUT2D eigenvalue weighted by atomic mass is 10.1. The number of pyridine rings is 1. The van der Waals surface area contributed by atoms with Crippen molar-refractivity contribution in [3.8, 4) is 0 Å². The maximum absolute atomic E-state index is 5.71. The fourth-order valence-corrected chi connectivity index (χ4v) is 2.20. The van der Waals surface area contributed by atoms with Gasteiger partial charge in [-0.2, -0.15) is 11.8 Å². The van der Waals surface area contributed by atoms with Gasteiger partial charge in [0.2, 0.25) is 0 Å². The lowest BCUT2D eigenvalue weighted by Gasteiger charge is -2.12. The minimum atomic E-state index is 0.294. The standard InChI is InChI=1S/C14H18N2OS/c1-11(12-5-7-15-8-6-12)16-9-13-3-4-14(17-13)10-18-2/h3-8,11,16H,9-10H2,1-2H3. The van der Waals surface area contributed by atoms with Crippen molar-refractivity contribution < 1.29 is 4.42 Å². The zero-order chi connectivity index (χ0) is 12.8. The molecule has 0 bridgehead atoms. The predicted octanol–water partition coefficient (Wildman–Crippen LogP) is 3.39. The summed E-state index contributed by atoms with van der Waals surface area (Å²) in [4.78, 5) is 4.02. The molecule has 0 saturated carbocycles. The Bertz CT molecular complexity index is 470. The highest BCUT2D eigenvalue weighted by molar-refractivity contribution is 7.97. The van der Waals surface area contributed by atoms with E-state index in [9.17, 15) is 0 Å². The van der Waals surface area contributed by atoms with Crippen LogP contribution < -0.4 is 5.32 Å². The van der Waals surface area contributed by atoms with Crippen molar-refractivity contribution in [2.24, 2.45) is 0 Å². The average Bonchev–Trinajstić information content (AvgIpc) is 2.85. The summed E-state index contributed by atoms with van der Waals surface area (Å²) in [6.07, 6.45) is 5.71. The van der Waals surface area contributed by atoms with Crippen LogP contribution in [0.3, 0.4) is 0 Å². The summed E-state index contributed by atoms with van der Waals surface area (Å²) in [6, 6.07) is 8.43. The number of aromatic nitrogens is 1. The second-order valence-corrected chi connectivity index (χ2v) is 5.05. The molecule has 1 atom stereocenters. The Kier molecular flexibility index (Phi) is 4.84. The van der Waals surface area contributed by atoms with E-state index in [2.05, 4.69) is 23.5 Å². The largest absolute Gasteiger partial charge is 0.464 e. The van der Waals surface area contributed by atoms with E-state index in [1.807, 2.05) is 36.7 Å². The average molecular weight is 262 g/mol. The summed E-state index contributed by atoms with van der Waals surface area (Å²) in [7, 11) is 0.